The van der Waals surface area contributed by atoms with Gasteiger partial charge in [0.2, 0.25) is 17.7 Å². The number of H-pyrrole nitrogens is 1. The Hall–Kier alpha value is -4.14. The molecule has 3 aromatic carbocycles. The van der Waals surface area contributed by atoms with E-state index in [0.29, 0.717) is 34.1 Å². The summed E-state index contributed by atoms with van der Waals surface area (Å²) < 4.78 is 5.34. The molecule has 3 aliphatic rings. The smallest absolute Gasteiger partial charge is 0.250 e. The van der Waals surface area contributed by atoms with Crippen LogP contribution in [0.15, 0.2) is 72.9 Å². The number of hydrogen-bond acceptors (Lipinski definition) is 5. The topological polar surface area (TPSA) is 104 Å². The van der Waals surface area contributed by atoms with Crippen molar-refractivity contribution in [1.29, 1.82) is 0 Å². The van der Waals surface area contributed by atoms with Gasteiger partial charge in [-0.3, -0.25) is 19.7 Å². The van der Waals surface area contributed by atoms with Crippen molar-refractivity contribution >= 4 is 51.6 Å². The summed E-state index contributed by atoms with van der Waals surface area (Å²) in [6.45, 7) is 0. The molecule has 2 fully saturated rings. The van der Waals surface area contributed by atoms with Crippen LogP contribution in [0.2, 0.25) is 5.02 Å². The Kier molecular flexibility index (Phi) is 4.95. The van der Waals surface area contributed by atoms with E-state index in [4.69, 9.17) is 16.3 Å². The van der Waals surface area contributed by atoms with Crippen LogP contribution in [-0.4, -0.2) is 35.9 Å². The molecule has 190 valence electrons. The maximum absolute atomic E-state index is 14.2. The van der Waals surface area contributed by atoms with Crippen molar-refractivity contribution in [2.75, 3.05) is 17.3 Å². The molecule has 4 unspecified atom stereocenters. The minimum absolute atomic E-state index is 0.342. The molecule has 3 amide bonds. The van der Waals surface area contributed by atoms with E-state index in [1.165, 1.54) is 12.0 Å². The molecule has 4 aromatic rings. The number of benzene rings is 3. The van der Waals surface area contributed by atoms with Crippen molar-refractivity contribution in [3.63, 3.8) is 0 Å². The largest absolute Gasteiger partial charge is 0.497 e. The van der Waals surface area contributed by atoms with Gasteiger partial charge in [0.05, 0.1) is 35.3 Å². The number of imide groups is 1. The lowest BCUT2D eigenvalue weighted by Crippen LogP contribution is -2.53. The van der Waals surface area contributed by atoms with Crippen LogP contribution in [-0.2, 0) is 26.3 Å². The first-order chi connectivity index (χ1) is 18.4. The molecule has 0 bridgehead atoms. The maximum Gasteiger partial charge on any atom is 0.250 e. The average molecular weight is 527 g/mol. The third-order valence-electron chi connectivity index (χ3n) is 8.13. The molecule has 2 saturated heterocycles. The summed E-state index contributed by atoms with van der Waals surface area (Å²) >= 11 is 6.46. The fourth-order valence-electron chi connectivity index (χ4n) is 6.51. The second-order valence-electron chi connectivity index (χ2n) is 9.96. The van der Waals surface area contributed by atoms with Crippen LogP contribution in [0.1, 0.15) is 11.1 Å². The van der Waals surface area contributed by atoms with Gasteiger partial charge in [-0.25, -0.2) is 4.90 Å². The van der Waals surface area contributed by atoms with Gasteiger partial charge in [0.25, 0.3) is 0 Å². The number of ether oxygens (including phenoxy) is 1. The van der Waals surface area contributed by atoms with Gasteiger partial charge in [-0.05, 0) is 36.2 Å². The second-order valence-corrected chi connectivity index (χ2v) is 10.4. The number of rotatable bonds is 4. The Morgan fingerprint density at radius 1 is 1.00 bits per heavy atom. The first kappa shape index (κ1) is 23.0. The Morgan fingerprint density at radius 3 is 2.66 bits per heavy atom. The van der Waals surface area contributed by atoms with Crippen molar-refractivity contribution < 1.29 is 19.1 Å². The van der Waals surface area contributed by atoms with Gasteiger partial charge in [0.1, 0.15) is 11.3 Å². The molecule has 0 radical (unpaired) electrons. The number of fused-ring (bicyclic) bond motifs is 5. The molecule has 8 nitrogen and oxygen atoms in total. The van der Waals surface area contributed by atoms with Gasteiger partial charge in [-0.1, -0.05) is 48.0 Å². The zero-order chi connectivity index (χ0) is 26.2. The molecular formula is C29H23ClN4O4. The van der Waals surface area contributed by atoms with Gasteiger partial charge >= 0.3 is 0 Å². The van der Waals surface area contributed by atoms with E-state index in [0.717, 1.165) is 16.5 Å². The monoisotopic (exact) mass is 526 g/mol. The highest BCUT2D eigenvalue weighted by Crippen LogP contribution is 2.55. The third kappa shape index (κ3) is 2.98. The zero-order valence-corrected chi connectivity index (χ0v) is 21.1. The van der Waals surface area contributed by atoms with Crippen molar-refractivity contribution in [1.82, 2.24) is 10.3 Å². The summed E-state index contributed by atoms with van der Waals surface area (Å²) in [6.07, 6.45) is 2.37. The van der Waals surface area contributed by atoms with E-state index in [9.17, 15) is 14.4 Å². The van der Waals surface area contributed by atoms with Gasteiger partial charge in [-0.15, -0.1) is 0 Å². The summed E-state index contributed by atoms with van der Waals surface area (Å²) in [6, 6.07) is 19.5. The third-order valence-corrected chi connectivity index (χ3v) is 8.44. The number of anilines is 2. The molecule has 7 rings (SSSR count). The van der Waals surface area contributed by atoms with Crippen LogP contribution in [0.5, 0.6) is 5.75 Å². The lowest BCUT2D eigenvalue weighted by atomic mass is 9.76. The average Bonchev–Trinajstić information content (AvgIpc) is 3.64. The van der Waals surface area contributed by atoms with E-state index >= 15 is 0 Å². The van der Waals surface area contributed by atoms with Gasteiger partial charge in [-0.2, -0.15) is 0 Å². The van der Waals surface area contributed by atoms with E-state index in [2.05, 4.69) is 15.6 Å². The molecule has 1 aromatic heterocycles. The molecule has 38 heavy (non-hydrogen) atoms. The van der Waals surface area contributed by atoms with Gasteiger partial charge in [0, 0.05) is 34.8 Å². The molecule has 4 heterocycles. The minimum Gasteiger partial charge on any atom is -0.497 e. The predicted octanol–water partition coefficient (Wildman–Crippen LogP) is 4.00. The van der Waals surface area contributed by atoms with Crippen LogP contribution in [0.25, 0.3) is 10.9 Å². The molecule has 0 aliphatic carbocycles. The molecule has 1 spiro atoms. The molecule has 4 atom stereocenters. The van der Waals surface area contributed by atoms with Crippen LogP contribution in [0.4, 0.5) is 11.4 Å². The summed E-state index contributed by atoms with van der Waals surface area (Å²) in [5.41, 5.74) is 2.02. The van der Waals surface area contributed by atoms with E-state index in [1.54, 1.807) is 42.5 Å². The van der Waals surface area contributed by atoms with Crippen LogP contribution < -0.4 is 20.3 Å². The maximum atomic E-state index is 14.2. The molecule has 0 saturated carbocycles. The molecule has 9 heteroatoms. The van der Waals surface area contributed by atoms with Gasteiger partial charge in [0.15, 0.2) is 0 Å². The predicted molar refractivity (Wildman–Crippen MR) is 143 cm³/mol. The number of methoxy groups -OCH3 is 1. The number of para-hydroxylation sites is 2. The summed E-state index contributed by atoms with van der Waals surface area (Å²) in [5.74, 6) is -2.34. The number of hydrogen-bond donors (Lipinski definition) is 3. The Balaban J connectivity index is 1.38. The fraction of sp³-hybridized carbons (Fsp3) is 0.207. The van der Waals surface area contributed by atoms with E-state index < -0.39 is 29.3 Å². The Bertz CT molecular complexity index is 1670. The standard InChI is InChI=1S/C29H23ClN4O4/c1-38-17-7-4-6-16(13-17)34-26(35)23-22(12-15-14-31-21-11-3-2-8-18(15)21)33-29(24(23)27(34)36)19-9-5-10-20(30)25(19)32-28(29)37/h2-11,13-14,22-24,31,33H,12H2,1H3,(H,32,37). The lowest BCUT2D eigenvalue weighted by molar-refractivity contribution is -0.130. The minimum atomic E-state index is -1.43. The number of carbonyl (C=O) groups is 3. The summed E-state index contributed by atoms with van der Waals surface area (Å²) in [7, 11) is 1.53. The number of aromatic amines is 1. The van der Waals surface area contributed by atoms with Crippen molar-refractivity contribution in [3.05, 3.63) is 89.1 Å². The quantitative estimate of drug-likeness (QED) is 0.349. The first-order valence-electron chi connectivity index (χ1n) is 12.4. The number of amides is 3. The highest BCUT2D eigenvalue weighted by Gasteiger charge is 2.70. The van der Waals surface area contributed by atoms with Crippen LogP contribution in [0.3, 0.4) is 0 Å². The van der Waals surface area contributed by atoms with Crippen LogP contribution in [0, 0.1) is 11.8 Å². The number of halogens is 1. The van der Waals surface area contributed by atoms with Crippen LogP contribution >= 0.6 is 11.6 Å². The highest BCUT2D eigenvalue weighted by atomic mass is 35.5. The zero-order valence-electron chi connectivity index (χ0n) is 20.3. The Labute approximate surface area is 222 Å². The number of carbonyl (C=O) groups excluding carboxylic acids is 3. The number of aromatic nitrogens is 1. The fourth-order valence-corrected chi connectivity index (χ4v) is 6.73. The first-order valence-corrected chi connectivity index (χ1v) is 12.8. The van der Waals surface area contributed by atoms with Crippen molar-refractivity contribution in [2.45, 2.75) is 18.0 Å². The van der Waals surface area contributed by atoms with Gasteiger partial charge < -0.3 is 15.0 Å². The SMILES string of the molecule is COc1cccc(N2C(=O)C3C(Cc4c[nH]c5ccccc45)NC4(C(=O)Nc5c(Cl)cccc54)C3C2=O)c1. The number of nitrogens with zero attached hydrogens (tertiary/aromatic N) is 1. The lowest BCUT2D eigenvalue weighted by Gasteiger charge is -2.29. The highest BCUT2D eigenvalue weighted by molar-refractivity contribution is 6.35. The summed E-state index contributed by atoms with van der Waals surface area (Å²) in [5, 5.41) is 7.79. The second kappa shape index (κ2) is 8.18. The van der Waals surface area contributed by atoms with Crippen molar-refractivity contribution in [3.8, 4) is 5.75 Å². The summed E-state index contributed by atoms with van der Waals surface area (Å²) in [4.78, 5) is 46.5. The Morgan fingerprint density at radius 2 is 1.82 bits per heavy atom. The molecular weight excluding hydrogens is 504 g/mol. The normalized spacial score (nSPS) is 25.8. The number of nitrogens with one attached hydrogen (secondary N) is 3. The molecule has 3 aliphatic heterocycles. The van der Waals surface area contributed by atoms with E-state index in [-0.39, 0.29) is 11.8 Å². The van der Waals surface area contributed by atoms with Crippen molar-refractivity contribution in [2.24, 2.45) is 11.8 Å². The van der Waals surface area contributed by atoms with E-state index in [1.807, 2.05) is 30.5 Å². The molecule has 3 N–H and O–H groups in total.